The molecule has 1 heterocycles. The maximum Gasteiger partial charge on any atom is 0.258 e. The maximum absolute atomic E-state index is 12.9. The van der Waals surface area contributed by atoms with Crippen molar-refractivity contribution < 1.29 is 9.59 Å². The molecule has 0 fully saturated rings. The largest absolute Gasteiger partial charge is 0.349 e. The number of H-pyrrole nitrogens is 1. The molecule has 2 amide bonds. The van der Waals surface area contributed by atoms with E-state index < -0.39 is 6.04 Å². The average Bonchev–Trinajstić information content (AvgIpc) is 2.72. The first-order valence-electron chi connectivity index (χ1n) is 9.55. The van der Waals surface area contributed by atoms with Crippen molar-refractivity contribution in [1.82, 2.24) is 20.2 Å². The number of nitrogens with zero attached hydrogens (tertiary/aromatic N) is 2. The Hall–Kier alpha value is -3.48. The first-order chi connectivity index (χ1) is 14.0. The molecule has 0 unspecified atom stereocenters. The molecule has 3 aromatic rings. The van der Waals surface area contributed by atoms with E-state index in [-0.39, 0.29) is 30.3 Å². The quantitative estimate of drug-likeness (QED) is 0.646. The number of hydrogen-bond donors (Lipinski definition) is 2. The molecule has 0 aliphatic rings. The Bertz CT molecular complexity index is 1060. The zero-order valence-electron chi connectivity index (χ0n) is 16.5. The topological polar surface area (TPSA) is 95.2 Å². The molecule has 0 aliphatic carbocycles. The SMILES string of the molecule is CCN(Cc1nc2ccccc2c(=O)[nH]1)C(=O)C[C@@H](NC(C)=O)c1ccccc1. The third-order valence-corrected chi connectivity index (χ3v) is 4.70. The van der Waals surface area contributed by atoms with Crippen molar-refractivity contribution in [2.75, 3.05) is 6.54 Å². The second-order valence-electron chi connectivity index (χ2n) is 6.81. The zero-order valence-corrected chi connectivity index (χ0v) is 16.5. The molecule has 0 spiro atoms. The van der Waals surface area contributed by atoms with Crippen LogP contribution in [-0.2, 0) is 16.1 Å². The third-order valence-electron chi connectivity index (χ3n) is 4.70. The number of rotatable bonds is 7. The van der Waals surface area contributed by atoms with E-state index in [0.717, 1.165) is 5.56 Å². The van der Waals surface area contributed by atoms with Crippen LogP contribution in [0.15, 0.2) is 59.4 Å². The Balaban J connectivity index is 1.79. The average molecular weight is 392 g/mol. The van der Waals surface area contributed by atoms with Crippen LogP contribution < -0.4 is 10.9 Å². The highest BCUT2D eigenvalue weighted by atomic mass is 16.2. The second-order valence-corrected chi connectivity index (χ2v) is 6.81. The van der Waals surface area contributed by atoms with Gasteiger partial charge in [0.1, 0.15) is 5.82 Å². The molecule has 1 aromatic heterocycles. The van der Waals surface area contributed by atoms with E-state index >= 15 is 0 Å². The minimum Gasteiger partial charge on any atom is -0.349 e. The first-order valence-corrected chi connectivity index (χ1v) is 9.55. The number of hydrogen-bond acceptors (Lipinski definition) is 4. The summed E-state index contributed by atoms with van der Waals surface area (Å²) in [5.41, 5.74) is 1.23. The van der Waals surface area contributed by atoms with Crippen LogP contribution in [0.25, 0.3) is 10.9 Å². The van der Waals surface area contributed by atoms with Gasteiger partial charge in [0.2, 0.25) is 11.8 Å². The van der Waals surface area contributed by atoms with Gasteiger partial charge < -0.3 is 15.2 Å². The summed E-state index contributed by atoms with van der Waals surface area (Å²) in [6, 6.07) is 16.1. The summed E-state index contributed by atoms with van der Waals surface area (Å²) >= 11 is 0. The number of aromatic nitrogens is 2. The lowest BCUT2D eigenvalue weighted by molar-refractivity contribution is -0.132. The van der Waals surface area contributed by atoms with Gasteiger partial charge >= 0.3 is 0 Å². The van der Waals surface area contributed by atoms with Crippen molar-refractivity contribution in [3.8, 4) is 0 Å². The number of para-hydroxylation sites is 1. The molecular weight excluding hydrogens is 368 g/mol. The fraction of sp³-hybridized carbons (Fsp3) is 0.273. The Labute approximate surface area is 168 Å². The van der Waals surface area contributed by atoms with Gasteiger partial charge in [0.05, 0.1) is 29.9 Å². The van der Waals surface area contributed by atoms with Gasteiger partial charge in [-0.05, 0) is 24.6 Å². The third kappa shape index (κ3) is 5.07. The lowest BCUT2D eigenvalue weighted by Crippen LogP contribution is -2.36. The number of aromatic amines is 1. The smallest absolute Gasteiger partial charge is 0.258 e. The summed E-state index contributed by atoms with van der Waals surface area (Å²) in [4.78, 5) is 45.7. The number of carbonyl (C=O) groups excluding carboxylic acids is 2. The van der Waals surface area contributed by atoms with Crippen LogP contribution in [0.5, 0.6) is 0 Å². The zero-order chi connectivity index (χ0) is 20.8. The molecule has 0 aliphatic heterocycles. The molecule has 3 rings (SSSR count). The Kier molecular flexibility index (Phi) is 6.39. The summed E-state index contributed by atoms with van der Waals surface area (Å²) in [5, 5.41) is 3.36. The predicted octanol–water partition coefficient (Wildman–Crippen LogP) is 2.54. The van der Waals surface area contributed by atoms with Gasteiger partial charge in [-0.1, -0.05) is 42.5 Å². The van der Waals surface area contributed by atoms with E-state index in [0.29, 0.717) is 23.3 Å². The van der Waals surface area contributed by atoms with Crippen LogP contribution in [0.3, 0.4) is 0 Å². The molecule has 7 heteroatoms. The van der Waals surface area contributed by atoms with Crippen LogP contribution in [0.2, 0.25) is 0 Å². The van der Waals surface area contributed by atoms with Crippen molar-refractivity contribution in [3.05, 3.63) is 76.3 Å². The van der Waals surface area contributed by atoms with E-state index in [9.17, 15) is 14.4 Å². The number of carbonyl (C=O) groups is 2. The van der Waals surface area contributed by atoms with Crippen LogP contribution in [0.1, 0.15) is 37.7 Å². The molecule has 1 atom stereocenters. The Morgan fingerprint density at radius 1 is 1.10 bits per heavy atom. The molecule has 0 saturated carbocycles. The van der Waals surface area contributed by atoms with Gasteiger partial charge in [0.25, 0.3) is 5.56 Å². The molecule has 0 saturated heterocycles. The van der Waals surface area contributed by atoms with E-state index in [1.807, 2.05) is 43.3 Å². The first kappa shape index (κ1) is 20.3. The van der Waals surface area contributed by atoms with Crippen molar-refractivity contribution in [1.29, 1.82) is 0 Å². The Morgan fingerprint density at radius 3 is 2.48 bits per heavy atom. The van der Waals surface area contributed by atoms with Crippen LogP contribution in [0.4, 0.5) is 0 Å². The molecule has 7 nitrogen and oxygen atoms in total. The van der Waals surface area contributed by atoms with Crippen molar-refractivity contribution in [2.45, 2.75) is 32.9 Å². The van der Waals surface area contributed by atoms with Crippen molar-refractivity contribution in [3.63, 3.8) is 0 Å². The lowest BCUT2D eigenvalue weighted by Gasteiger charge is -2.24. The summed E-state index contributed by atoms with van der Waals surface area (Å²) in [7, 11) is 0. The molecule has 150 valence electrons. The van der Waals surface area contributed by atoms with E-state index in [2.05, 4.69) is 15.3 Å². The maximum atomic E-state index is 12.9. The van der Waals surface area contributed by atoms with Gasteiger partial charge in [-0.25, -0.2) is 4.98 Å². The fourth-order valence-electron chi connectivity index (χ4n) is 3.25. The number of benzene rings is 2. The molecule has 0 bridgehead atoms. The van der Waals surface area contributed by atoms with Gasteiger partial charge in [-0.3, -0.25) is 14.4 Å². The van der Waals surface area contributed by atoms with E-state index in [1.165, 1.54) is 6.92 Å². The van der Waals surface area contributed by atoms with Crippen molar-refractivity contribution in [2.24, 2.45) is 0 Å². The number of fused-ring (bicyclic) bond motifs is 1. The van der Waals surface area contributed by atoms with Crippen molar-refractivity contribution >= 4 is 22.7 Å². The highest BCUT2D eigenvalue weighted by molar-refractivity contribution is 5.79. The summed E-state index contributed by atoms with van der Waals surface area (Å²) in [6.07, 6.45) is 0.120. The fourth-order valence-corrected chi connectivity index (χ4v) is 3.25. The van der Waals surface area contributed by atoms with Gasteiger partial charge in [-0.2, -0.15) is 0 Å². The van der Waals surface area contributed by atoms with Gasteiger partial charge in [0, 0.05) is 13.5 Å². The summed E-state index contributed by atoms with van der Waals surface area (Å²) in [6.45, 7) is 3.95. The highest BCUT2D eigenvalue weighted by Crippen LogP contribution is 2.18. The van der Waals surface area contributed by atoms with E-state index in [4.69, 9.17) is 0 Å². The molecule has 2 N–H and O–H groups in total. The predicted molar refractivity (Wildman–Crippen MR) is 111 cm³/mol. The molecule has 29 heavy (non-hydrogen) atoms. The Morgan fingerprint density at radius 2 is 1.79 bits per heavy atom. The lowest BCUT2D eigenvalue weighted by atomic mass is 10.0. The summed E-state index contributed by atoms with van der Waals surface area (Å²) < 4.78 is 0. The minimum absolute atomic E-state index is 0.120. The molecule has 0 radical (unpaired) electrons. The number of amides is 2. The second kappa shape index (κ2) is 9.14. The molecule has 2 aromatic carbocycles. The standard InChI is InChI=1S/C22H24N4O3/c1-3-26(14-20-24-18-12-8-7-11-17(18)22(29)25-20)21(28)13-19(23-15(2)27)16-9-5-4-6-10-16/h4-12,19H,3,13-14H2,1-2H3,(H,23,27)(H,24,25,29)/t19-/m1/s1. The monoisotopic (exact) mass is 392 g/mol. The van der Waals surface area contributed by atoms with Crippen LogP contribution in [-0.4, -0.2) is 33.2 Å². The summed E-state index contributed by atoms with van der Waals surface area (Å²) in [5.74, 6) is 0.0980. The van der Waals surface area contributed by atoms with Gasteiger partial charge in [-0.15, -0.1) is 0 Å². The molecular formula is C22H24N4O3. The number of nitrogens with one attached hydrogen (secondary N) is 2. The minimum atomic E-state index is -0.418. The highest BCUT2D eigenvalue weighted by Gasteiger charge is 2.21. The van der Waals surface area contributed by atoms with Gasteiger partial charge in [0.15, 0.2) is 0 Å². The van der Waals surface area contributed by atoms with E-state index in [1.54, 1.807) is 23.1 Å². The van der Waals surface area contributed by atoms with Crippen LogP contribution in [0, 0.1) is 0 Å². The van der Waals surface area contributed by atoms with Crippen LogP contribution >= 0.6 is 0 Å². The normalized spacial score (nSPS) is 11.8.